The van der Waals surface area contributed by atoms with E-state index in [4.69, 9.17) is 15.2 Å². The topological polar surface area (TPSA) is 137 Å². The summed E-state index contributed by atoms with van der Waals surface area (Å²) in [5, 5.41) is 25.2. The number of carboxylic acids is 1. The van der Waals surface area contributed by atoms with Crippen molar-refractivity contribution in [3.8, 4) is 17.7 Å². The molecular weight excluding hydrogens is 369 g/mol. The molecule has 3 rings (SSSR count). The van der Waals surface area contributed by atoms with E-state index in [0.29, 0.717) is 0 Å². The average Bonchev–Trinajstić information content (AvgIpc) is 3.02. The first-order valence-corrected chi connectivity index (χ1v) is 7.38. The Hall–Kier alpha value is -3.68. The maximum absolute atomic E-state index is 13.3. The number of allylic oxidation sites excluding steroid dienone is 1. The fourth-order valence-electron chi connectivity index (χ4n) is 2.69. The molecule has 0 saturated carbocycles. The van der Waals surface area contributed by atoms with Gasteiger partial charge < -0.3 is 25.1 Å². The van der Waals surface area contributed by atoms with Crippen molar-refractivity contribution < 1.29 is 32.5 Å². The van der Waals surface area contributed by atoms with Gasteiger partial charge in [0.25, 0.3) is 0 Å². The highest BCUT2D eigenvalue weighted by Crippen LogP contribution is 2.46. The smallest absolute Gasteiger partial charge is 0.433 e. The molecule has 0 aliphatic carbocycles. The van der Waals surface area contributed by atoms with Crippen molar-refractivity contribution >= 4 is 5.97 Å². The SMILES string of the molecule is N#CC1=C(N)Oc2n[nH]c(C(F)(F)F)c2[C@H]1c1ccc(OCC(=O)[O-])cc1. The molecule has 1 aliphatic heterocycles. The zero-order valence-electron chi connectivity index (χ0n) is 13.3. The molecule has 0 spiro atoms. The van der Waals surface area contributed by atoms with E-state index in [0.717, 1.165) is 0 Å². The van der Waals surface area contributed by atoms with Crippen molar-refractivity contribution in [2.24, 2.45) is 5.73 Å². The standard InChI is InChI=1S/C16H11F3N4O4/c17-16(18,19)13-12-11(9(5-20)14(21)27-15(12)23-22-13)7-1-3-8(4-2-7)26-6-10(24)25/h1-4,11H,6,21H2,(H,22,23)(H,24,25)/p-1/t11-/m0/s1. The van der Waals surface area contributed by atoms with Gasteiger partial charge >= 0.3 is 6.18 Å². The Kier molecular flexibility index (Phi) is 4.40. The Morgan fingerprint density at radius 3 is 2.63 bits per heavy atom. The summed E-state index contributed by atoms with van der Waals surface area (Å²) < 4.78 is 50.0. The number of rotatable bonds is 4. The lowest BCUT2D eigenvalue weighted by Crippen LogP contribution is -2.28. The fourth-order valence-corrected chi connectivity index (χ4v) is 2.69. The molecular formula is C16H10F3N4O4-. The number of ether oxygens (including phenoxy) is 2. The number of hydrogen-bond acceptors (Lipinski definition) is 7. The molecule has 2 aromatic rings. The minimum atomic E-state index is -4.76. The number of carbonyl (C=O) groups excluding carboxylic acids is 1. The monoisotopic (exact) mass is 379 g/mol. The number of aromatic amines is 1. The number of H-pyrrole nitrogens is 1. The van der Waals surface area contributed by atoms with Crippen LogP contribution in [0.15, 0.2) is 35.7 Å². The van der Waals surface area contributed by atoms with Gasteiger partial charge in [0.1, 0.15) is 29.7 Å². The van der Waals surface area contributed by atoms with Crippen molar-refractivity contribution in [3.05, 3.63) is 52.5 Å². The lowest BCUT2D eigenvalue weighted by atomic mass is 9.84. The summed E-state index contributed by atoms with van der Waals surface area (Å²) in [5.41, 5.74) is 4.22. The molecule has 1 aromatic heterocycles. The number of fused-ring (bicyclic) bond motifs is 1. The number of carbonyl (C=O) groups is 1. The molecule has 140 valence electrons. The molecule has 0 amide bonds. The third-order valence-electron chi connectivity index (χ3n) is 3.79. The molecule has 11 heteroatoms. The summed E-state index contributed by atoms with van der Waals surface area (Å²) in [6, 6.07) is 7.26. The Bertz CT molecular complexity index is 958. The maximum Gasteiger partial charge on any atom is 0.433 e. The van der Waals surface area contributed by atoms with E-state index < -0.39 is 30.4 Å². The van der Waals surface area contributed by atoms with Crippen LogP contribution < -0.4 is 20.3 Å². The van der Waals surface area contributed by atoms with Gasteiger partial charge in [0, 0.05) is 0 Å². The van der Waals surface area contributed by atoms with E-state index in [-0.39, 0.29) is 34.2 Å². The minimum absolute atomic E-state index is 0.161. The first kappa shape index (κ1) is 18.1. The largest absolute Gasteiger partial charge is 0.546 e. The van der Waals surface area contributed by atoms with Gasteiger partial charge in [-0.1, -0.05) is 12.1 Å². The number of benzene rings is 1. The molecule has 0 radical (unpaired) electrons. The van der Waals surface area contributed by atoms with Crippen LogP contribution in [0.3, 0.4) is 0 Å². The van der Waals surface area contributed by atoms with Crippen LogP contribution in [-0.4, -0.2) is 22.8 Å². The van der Waals surface area contributed by atoms with Gasteiger partial charge in [-0.2, -0.15) is 18.4 Å². The highest BCUT2D eigenvalue weighted by Gasteiger charge is 2.44. The van der Waals surface area contributed by atoms with Gasteiger partial charge in [0.15, 0.2) is 0 Å². The number of aliphatic carboxylic acids is 1. The highest BCUT2D eigenvalue weighted by molar-refractivity contribution is 5.66. The number of alkyl halides is 3. The van der Waals surface area contributed by atoms with Crippen LogP contribution in [0.25, 0.3) is 0 Å². The predicted molar refractivity (Wildman–Crippen MR) is 79.8 cm³/mol. The van der Waals surface area contributed by atoms with Crippen molar-refractivity contribution in [3.63, 3.8) is 0 Å². The van der Waals surface area contributed by atoms with Crippen LogP contribution in [0, 0.1) is 11.3 Å². The molecule has 8 nitrogen and oxygen atoms in total. The van der Waals surface area contributed by atoms with E-state index in [9.17, 15) is 28.3 Å². The molecule has 2 heterocycles. The molecule has 0 saturated heterocycles. The molecule has 0 unspecified atom stereocenters. The summed E-state index contributed by atoms with van der Waals surface area (Å²) in [6.45, 7) is -0.684. The Labute approximate surface area is 149 Å². The second kappa shape index (κ2) is 6.56. The normalized spacial score (nSPS) is 16.3. The van der Waals surface area contributed by atoms with Gasteiger partial charge in [0.05, 0.1) is 17.5 Å². The van der Waals surface area contributed by atoms with Crippen LogP contribution in [0.1, 0.15) is 22.7 Å². The minimum Gasteiger partial charge on any atom is -0.546 e. The number of hydrogen-bond donors (Lipinski definition) is 2. The number of nitrogens with one attached hydrogen (secondary N) is 1. The summed E-state index contributed by atoms with van der Waals surface area (Å²) in [5.74, 6) is -3.17. The zero-order valence-corrected chi connectivity index (χ0v) is 13.3. The second-order valence-corrected chi connectivity index (χ2v) is 5.47. The van der Waals surface area contributed by atoms with Crippen LogP contribution >= 0.6 is 0 Å². The van der Waals surface area contributed by atoms with E-state index in [1.165, 1.54) is 24.3 Å². The Morgan fingerprint density at radius 2 is 2.07 bits per heavy atom. The number of halogens is 3. The molecule has 0 bridgehead atoms. The van der Waals surface area contributed by atoms with Crippen molar-refractivity contribution in [2.75, 3.05) is 6.61 Å². The van der Waals surface area contributed by atoms with E-state index >= 15 is 0 Å². The van der Waals surface area contributed by atoms with E-state index in [2.05, 4.69) is 5.10 Å². The number of aromatic nitrogens is 2. The van der Waals surface area contributed by atoms with Crippen LogP contribution in [0.5, 0.6) is 11.6 Å². The average molecular weight is 379 g/mol. The molecule has 3 N–H and O–H groups in total. The van der Waals surface area contributed by atoms with Crippen LogP contribution in [0.4, 0.5) is 13.2 Å². The number of carboxylic acid groups (broad SMARTS) is 1. The first-order valence-electron chi connectivity index (χ1n) is 7.38. The summed E-state index contributed by atoms with van der Waals surface area (Å²) in [4.78, 5) is 10.4. The van der Waals surface area contributed by atoms with Crippen LogP contribution in [0.2, 0.25) is 0 Å². The number of nitriles is 1. The van der Waals surface area contributed by atoms with Crippen molar-refractivity contribution in [1.29, 1.82) is 5.26 Å². The summed E-state index contributed by atoms with van der Waals surface area (Å²) in [7, 11) is 0. The lowest BCUT2D eigenvalue weighted by molar-refractivity contribution is -0.307. The summed E-state index contributed by atoms with van der Waals surface area (Å²) >= 11 is 0. The van der Waals surface area contributed by atoms with E-state index in [1.54, 1.807) is 6.07 Å². The van der Waals surface area contributed by atoms with Gasteiger partial charge in [-0.25, -0.2) is 0 Å². The van der Waals surface area contributed by atoms with Gasteiger partial charge in [0.2, 0.25) is 11.8 Å². The maximum atomic E-state index is 13.3. The number of nitrogens with zero attached hydrogens (tertiary/aromatic N) is 2. The molecule has 27 heavy (non-hydrogen) atoms. The quantitative estimate of drug-likeness (QED) is 0.800. The summed E-state index contributed by atoms with van der Waals surface area (Å²) in [6.07, 6.45) is -4.76. The van der Waals surface area contributed by atoms with Gasteiger partial charge in [-0.15, -0.1) is 5.10 Å². The second-order valence-electron chi connectivity index (χ2n) is 5.47. The van der Waals surface area contributed by atoms with E-state index in [1.807, 2.05) is 5.10 Å². The van der Waals surface area contributed by atoms with Crippen molar-refractivity contribution in [2.45, 2.75) is 12.1 Å². The predicted octanol–water partition coefficient (Wildman–Crippen LogP) is 0.775. The third kappa shape index (κ3) is 3.37. The zero-order chi connectivity index (χ0) is 19.8. The van der Waals surface area contributed by atoms with Gasteiger partial charge in [-0.05, 0) is 17.7 Å². The Morgan fingerprint density at radius 1 is 1.41 bits per heavy atom. The molecule has 1 atom stereocenters. The lowest BCUT2D eigenvalue weighted by Gasteiger charge is -2.24. The number of nitrogens with two attached hydrogens (primary N) is 1. The molecule has 0 fully saturated rings. The molecule has 1 aliphatic rings. The van der Waals surface area contributed by atoms with Crippen molar-refractivity contribution in [1.82, 2.24) is 10.2 Å². The fraction of sp³-hybridized carbons (Fsp3) is 0.188. The molecule has 1 aromatic carbocycles. The van der Waals surface area contributed by atoms with Gasteiger partial charge in [-0.3, -0.25) is 5.10 Å². The van der Waals surface area contributed by atoms with Crippen LogP contribution in [-0.2, 0) is 11.0 Å². The Balaban J connectivity index is 2.07. The first-order chi connectivity index (χ1) is 12.7. The third-order valence-corrected chi connectivity index (χ3v) is 3.79. The highest BCUT2D eigenvalue weighted by atomic mass is 19.4.